The third-order valence-corrected chi connectivity index (χ3v) is 4.08. The normalized spacial score (nSPS) is 11.2. The molecule has 150 valence electrons. The van der Waals surface area contributed by atoms with Crippen molar-refractivity contribution in [3.8, 4) is 11.5 Å². The molecule has 0 aliphatic rings. The number of hydrogen-bond donors (Lipinski definition) is 2. The van der Waals surface area contributed by atoms with E-state index in [1.54, 1.807) is 43.3 Å². The second kappa shape index (κ2) is 8.22. The molecule has 0 atom stereocenters. The Morgan fingerprint density at radius 2 is 1.86 bits per heavy atom. The maximum atomic E-state index is 13.1. The van der Waals surface area contributed by atoms with E-state index in [4.69, 9.17) is 10.5 Å². The van der Waals surface area contributed by atoms with Crippen molar-refractivity contribution < 1.29 is 22.7 Å². The Bertz CT molecular complexity index is 1040. The molecular weight excluding hydrogens is 383 g/mol. The summed E-state index contributed by atoms with van der Waals surface area (Å²) in [5, 5.41) is 2.71. The monoisotopic (exact) mass is 401 g/mol. The van der Waals surface area contributed by atoms with E-state index in [1.807, 2.05) is 0 Å². The largest absolute Gasteiger partial charge is 0.457 e. The van der Waals surface area contributed by atoms with Crippen molar-refractivity contribution in [1.82, 2.24) is 10.3 Å². The van der Waals surface area contributed by atoms with E-state index in [9.17, 15) is 18.0 Å². The van der Waals surface area contributed by atoms with Crippen molar-refractivity contribution in [3.05, 3.63) is 83.0 Å². The molecule has 0 aliphatic heterocycles. The van der Waals surface area contributed by atoms with Gasteiger partial charge in [-0.1, -0.05) is 24.3 Å². The molecule has 0 unspecified atom stereocenters. The van der Waals surface area contributed by atoms with E-state index in [-0.39, 0.29) is 29.4 Å². The van der Waals surface area contributed by atoms with Gasteiger partial charge in [0, 0.05) is 12.2 Å². The molecule has 1 heterocycles. The lowest BCUT2D eigenvalue weighted by Crippen LogP contribution is -2.24. The van der Waals surface area contributed by atoms with Crippen molar-refractivity contribution >= 4 is 11.7 Å². The summed E-state index contributed by atoms with van der Waals surface area (Å²) in [6.07, 6.45) is -4.52. The lowest BCUT2D eigenvalue weighted by molar-refractivity contribution is -0.138. The fourth-order valence-electron chi connectivity index (χ4n) is 2.68. The molecule has 0 bridgehead atoms. The van der Waals surface area contributed by atoms with Gasteiger partial charge in [0.1, 0.15) is 17.3 Å². The van der Waals surface area contributed by atoms with Crippen LogP contribution in [-0.4, -0.2) is 10.9 Å². The first-order chi connectivity index (χ1) is 13.7. The van der Waals surface area contributed by atoms with Crippen molar-refractivity contribution in [2.24, 2.45) is 0 Å². The van der Waals surface area contributed by atoms with Gasteiger partial charge in [-0.3, -0.25) is 4.79 Å². The molecule has 3 aromatic rings. The Morgan fingerprint density at radius 3 is 2.59 bits per heavy atom. The van der Waals surface area contributed by atoms with E-state index in [0.29, 0.717) is 11.3 Å². The Balaban J connectivity index is 1.71. The highest BCUT2D eigenvalue weighted by Gasteiger charge is 2.34. The van der Waals surface area contributed by atoms with Crippen molar-refractivity contribution in [1.29, 1.82) is 0 Å². The topological polar surface area (TPSA) is 77.2 Å². The van der Waals surface area contributed by atoms with Crippen LogP contribution >= 0.6 is 0 Å². The second-order valence-corrected chi connectivity index (χ2v) is 6.31. The zero-order chi connectivity index (χ0) is 21.0. The third-order valence-electron chi connectivity index (χ3n) is 4.08. The molecular formula is C21H18F3N3O2. The zero-order valence-electron chi connectivity index (χ0n) is 15.5. The van der Waals surface area contributed by atoms with Gasteiger partial charge >= 0.3 is 6.18 Å². The van der Waals surface area contributed by atoms with Crippen LogP contribution in [0.5, 0.6) is 11.5 Å². The number of anilines is 1. The summed E-state index contributed by atoms with van der Waals surface area (Å²) in [4.78, 5) is 16.3. The Labute approximate surface area is 165 Å². The summed E-state index contributed by atoms with van der Waals surface area (Å²) in [7, 11) is 0. The molecule has 2 aromatic carbocycles. The molecule has 8 heteroatoms. The summed E-state index contributed by atoms with van der Waals surface area (Å²) >= 11 is 0. The Morgan fingerprint density at radius 1 is 1.10 bits per heavy atom. The molecule has 3 N–H and O–H groups in total. The molecule has 5 nitrogen and oxygen atoms in total. The molecule has 1 amide bonds. The minimum Gasteiger partial charge on any atom is -0.457 e. The lowest BCUT2D eigenvalue weighted by atomic mass is 10.1. The van der Waals surface area contributed by atoms with Gasteiger partial charge in [-0.25, -0.2) is 4.98 Å². The van der Waals surface area contributed by atoms with Crippen LogP contribution in [0.4, 0.5) is 19.0 Å². The van der Waals surface area contributed by atoms with E-state index in [1.165, 1.54) is 18.2 Å². The Hall–Kier alpha value is -3.55. The summed E-state index contributed by atoms with van der Waals surface area (Å²) in [5.74, 6) is -0.336. The predicted octanol–water partition coefficient (Wildman–Crippen LogP) is 4.71. The summed E-state index contributed by atoms with van der Waals surface area (Å²) in [6.45, 7) is 1.91. The average molecular weight is 401 g/mol. The molecule has 1 aromatic heterocycles. The number of rotatable bonds is 5. The number of para-hydroxylation sites is 1. The van der Waals surface area contributed by atoms with Gasteiger partial charge in [-0.15, -0.1) is 0 Å². The summed E-state index contributed by atoms with van der Waals surface area (Å²) in [5.41, 5.74) is 6.51. The number of halogens is 3. The first-order valence-corrected chi connectivity index (χ1v) is 8.68. The second-order valence-electron chi connectivity index (χ2n) is 6.31. The van der Waals surface area contributed by atoms with Gasteiger partial charge in [0.25, 0.3) is 5.91 Å². The van der Waals surface area contributed by atoms with Crippen molar-refractivity contribution in [3.63, 3.8) is 0 Å². The summed E-state index contributed by atoms with van der Waals surface area (Å²) in [6, 6.07) is 14.7. The number of nitrogens with two attached hydrogens (primary N) is 1. The molecule has 0 spiro atoms. The first kappa shape index (κ1) is 20.2. The number of aromatic nitrogens is 1. The lowest BCUT2D eigenvalue weighted by Gasteiger charge is -2.14. The van der Waals surface area contributed by atoms with E-state index in [2.05, 4.69) is 10.3 Å². The SMILES string of the molecule is Cc1ccc(C(=O)NCc2cccc(Oc3ccccc3C(F)(F)F)c2)c(N)n1. The number of nitrogens with one attached hydrogen (secondary N) is 1. The van der Waals surface area contributed by atoms with Gasteiger partial charge in [0.15, 0.2) is 0 Å². The smallest absolute Gasteiger partial charge is 0.419 e. The van der Waals surface area contributed by atoms with Gasteiger partial charge in [-0.05, 0) is 48.9 Å². The average Bonchev–Trinajstić information content (AvgIpc) is 2.66. The fraction of sp³-hybridized carbons (Fsp3) is 0.143. The maximum Gasteiger partial charge on any atom is 0.419 e. The van der Waals surface area contributed by atoms with Crippen molar-refractivity contribution in [2.45, 2.75) is 19.6 Å². The predicted molar refractivity (Wildman–Crippen MR) is 103 cm³/mol. The highest BCUT2D eigenvalue weighted by molar-refractivity contribution is 5.98. The number of nitrogen functional groups attached to an aromatic ring is 1. The van der Waals surface area contributed by atoms with Crippen LogP contribution in [0.2, 0.25) is 0 Å². The number of carbonyl (C=O) groups excluding carboxylic acids is 1. The number of nitrogens with zero attached hydrogens (tertiary/aromatic N) is 1. The van der Waals surface area contributed by atoms with Gasteiger partial charge in [0.2, 0.25) is 0 Å². The Kier molecular flexibility index (Phi) is 5.72. The third kappa shape index (κ3) is 5.04. The number of amides is 1. The summed E-state index contributed by atoms with van der Waals surface area (Å²) < 4.78 is 44.8. The number of aryl methyl sites for hydroxylation is 1. The number of ether oxygens (including phenoxy) is 1. The van der Waals surface area contributed by atoms with Crippen LogP contribution in [0.25, 0.3) is 0 Å². The van der Waals surface area contributed by atoms with Crippen LogP contribution in [-0.2, 0) is 12.7 Å². The molecule has 0 radical (unpaired) electrons. The minimum atomic E-state index is -4.52. The fourth-order valence-corrected chi connectivity index (χ4v) is 2.68. The molecule has 0 fully saturated rings. The minimum absolute atomic E-state index is 0.128. The van der Waals surface area contributed by atoms with Crippen LogP contribution in [0, 0.1) is 6.92 Å². The number of carbonyl (C=O) groups is 1. The standard InChI is InChI=1S/C21H18F3N3O2/c1-13-9-10-16(19(25)27-13)20(28)26-12-14-5-4-6-15(11-14)29-18-8-3-2-7-17(18)21(22,23)24/h2-11H,12H2,1H3,(H2,25,27)(H,26,28). The van der Waals surface area contributed by atoms with Crippen LogP contribution in [0.1, 0.15) is 27.2 Å². The van der Waals surface area contributed by atoms with E-state index in [0.717, 1.165) is 6.07 Å². The number of pyridine rings is 1. The maximum absolute atomic E-state index is 13.1. The van der Waals surface area contributed by atoms with Crippen molar-refractivity contribution in [2.75, 3.05) is 5.73 Å². The molecule has 0 saturated heterocycles. The van der Waals surface area contributed by atoms with Crippen LogP contribution < -0.4 is 15.8 Å². The highest BCUT2D eigenvalue weighted by atomic mass is 19.4. The molecule has 0 aliphatic carbocycles. The van der Waals surface area contributed by atoms with Crippen LogP contribution in [0.3, 0.4) is 0 Å². The zero-order valence-corrected chi connectivity index (χ0v) is 15.5. The molecule has 0 saturated carbocycles. The number of benzene rings is 2. The first-order valence-electron chi connectivity index (χ1n) is 8.68. The highest BCUT2D eigenvalue weighted by Crippen LogP contribution is 2.37. The van der Waals surface area contributed by atoms with Gasteiger partial charge in [-0.2, -0.15) is 13.2 Å². The number of hydrogen-bond acceptors (Lipinski definition) is 4. The van der Waals surface area contributed by atoms with Crippen LogP contribution in [0.15, 0.2) is 60.7 Å². The molecule has 3 rings (SSSR count). The van der Waals surface area contributed by atoms with Gasteiger partial charge < -0.3 is 15.8 Å². The van der Waals surface area contributed by atoms with Gasteiger partial charge in [0.05, 0.1) is 11.1 Å². The quantitative estimate of drug-likeness (QED) is 0.649. The van der Waals surface area contributed by atoms with E-state index >= 15 is 0 Å². The number of alkyl halides is 3. The van der Waals surface area contributed by atoms with E-state index < -0.39 is 17.6 Å². The molecule has 29 heavy (non-hydrogen) atoms.